The van der Waals surface area contributed by atoms with E-state index in [1.54, 1.807) is 0 Å². The summed E-state index contributed by atoms with van der Waals surface area (Å²) >= 11 is 6.25. The Hall–Kier alpha value is -4.15. The molecule has 4 nitrogen and oxygen atoms in total. The van der Waals surface area contributed by atoms with E-state index in [4.69, 9.17) is 11.6 Å². The maximum absolute atomic E-state index is 6.25. The third kappa shape index (κ3) is 4.72. The van der Waals surface area contributed by atoms with Gasteiger partial charge in [0.2, 0.25) is 0 Å². The fraction of sp³-hybridized carbons (Fsp3) is 0.317. The Morgan fingerprint density at radius 3 is 1.87 bits per heavy atom. The Balaban J connectivity index is 1.22. The van der Waals surface area contributed by atoms with Gasteiger partial charge in [-0.1, -0.05) is 50.5 Å². The van der Waals surface area contributed by atoms with Gasteiger partial charge in [0.25, 0.3) is 0 Å². The van der Waals surface area contributed by atoms with Gasteiger partial charge in [0.15, 0.2) is 0 Å². The molecule has 4 aromatic heterocycles. The van der Waals surface area contributed by atoms with Crippen LogP contribution in [-0.4, -0.2) is 25.0 Å². The van der Waals surface area contributed by atoms with Gasteiger partial charge in [-0.3, -0.25) is 9.97 Å². The zero-order valence-electron chi connectivity index (χ0n) is 27.1. The van der Waals surface area contributed by atoms with E-state index in [1.807, 2.05) is 18.6 Å². The first kappa shape index (κ1) is 29.3. The standard InChI is InChI=1S/C41H41ClN4/c1-4-30(14-17-42)45-38-12-10-28(22-34(38)36-24-43-18-15-40(36)45)32-20-27(3)33(21-26(32)2)29-11-13-39-35(23-29)37-25-44-19-16-41(37)46(39)31-8-6-5-7-9-31/h10-13,15-16,18-25,30-31H,4-9,14,17H2,1-3H3. The lowest BCUT2D eigenvalue weighted by Gasteiger charge is -2.25. The number of alkyl halides is 1. The van der Waals surface area contributed by atoms with Crippen LogP contribution in [0.25, 0.3) is 65.9 Å². The van der Waals surface area contributed by atoms with Gasteiger partial charge < -0.3 is 9.13 Å². The lowest BCUT2D eigenvalue weighted by molar-refractivity contribution is 0.367. The van der Waals surface area contributed by atoms with Crippen molar-refractivity contribution in [1.82, 2.24) is 19.1 Å². The van der Waals surface area contributed by atoms with E-state index in [9.17, 15) is 0 Å². The van der Waals surface area contributed by atoms with Crippen molar-refractivity contribution < 1.29 is 0 Å². The van der Waals surface area contributed by atoms with E-state index >= 15 is 0 Å². The zero-order valence-corrected chi connectivity index (χ0v) is 27.8. The maximum Gasteiger partial charge on any atom is 0.0525 e. The van der Waals surface area contributed by atoms with Crippen LogP contribution in [0.2, 0.25) is 0 Å². The Labute approximate surface area is 276 Å². The molecule has 0 amide bonds. The SMILES string of the molecule is CCC(CCCl)n1c2ccncc2c2cc(-c3cc(C)c(-c4ccc5c(c4)c4cnccc4n5C4CCCCC4)cc3C)ccc21. The molecule has 0 aliphatic heterocycles. The number of hydrogen-bond donors (Lipinski definition) is 0. The Morgan fingerprint density at radius 2 is 1.24 bits per heavy atom. The number of benzene rings is 3. The van der Waals surface area contributed by atoms with Crippen molar-refractivity contribution >= 4 is 55.2 Å². The molecular weight excluding hydrogens is 584 g/mol. The fourth-order valence-electron chi connectivity index (χ4n) is 8.33. The second-order valence-electron chi connectivity index (χ2n) is 13.3. The number of pyridine rings is 2. The second kappa shape index (κ2) is 11.9. The van der Waals surface area contributed by atoms with Crippen LogP contribution in [0.4, 0.5) is 0 Å². The molecule has 232 valence electrons. The average molecular weight is 625 g/mol. The van der Waals surface area contributed by atoms with Crippen molar-refractivity contribution in [3.8, 4) is 22.3 Å². The summed E-state index contributed by atoms with van der Waals surface area (Å²) < 4.78 is 5.09. The number of nitrogens with zero attached hydrogens (tertiary/aromatic N) is 4. The maximum atomic E-state index is 6.25. The summed E-state index contributed by atoms with van der Waals surface area (Å²) in [6.45, 7) is 6.75. The van der Waals surface area contributed by atoms with Gasteiger partial charge in [-0.2, -0.15) is 0 Å². The second-order valence-corrected chi connectivity index (χ2v) is 13.7. The molecule has 1 aliphatic carbocycles. The minimum absolute atomic E-state index is 0.360. The first-order valence-corrected chi connectivity index (χ1v) is 17.5. The van der Waals surface area contributed by atoms with Crippen LogP contribution >= 0.6 is 11.6 Å². The molecule has 5 heteroatoms. The van der Waals surface area contributed by atoms with Crippen molar-refractivity contribution in [2.45, 2.75) is 77.8 Å². The normalized spacial score (nSPS) is 15.0. The quantitative estimate of drug-likeness (QED) is 0.165. The van der Waals surface area contributed by atoms with E-state index < -0.39 is 0 Å². The molecule has 1 aliphatic rings. The van der Waals surface area contributed by atoms with Crippen LogP contribution in [0, 0.1) is 13.8 Å². The number of aromatic nitrogens is 4. The molecule has 4 heterocycles. The summed E-state index contributed by atoms with van der Waals surface area (Å²) in [7, 11) is 0. The molecule has 0 radical (unpaired) electrons. The number of hydrogen-bond acceptors (Lipinski definition) is 2. The van der Waals surface area contributed by atoms with Crippen LogP contribution < -0.4 is 0 Å². The monoisotopic (exact) mass is 624 g/mol. The summed E-state index contributed by atoms with van der Waals surface area (Å²) in [6, 6.07) is 24.1. The van der Waals surface area contributed by atoms with E-state index in [-0.39, 0.29) is 0 Å². The molecule has 1 unspecified atom stereocenters. The highest BCUT2D eigenvalue weighted by Gasteiger charge is 2.22. The molecule has 46 heavy (non-hydrogen) atoms. The first-order valence-electron chi connectivity index (χ1n) is 17.0. The molecule has 3 aromatic carbocycles. The van der Waals surface area contributed by atoms with Gasteiger partial charge in [-0.05, 0) is 109 Å². The van der Waals surface area contributed by atoms with Crippen LogP contribution in [0.5, 0.6) is 0 Å². The smallest absolute Gasteiger partial charge is 0.0525 e. The fourth-order valence-corrected chi connectivity index (χ4v) is 8.59. The summed E-state index contributed by atoms with van der Waals surface area (Å²) in [4.78, 5) is 9.05. The first-order chi connectivity index (χ1) is 22.6. The summed E-state index contributed by atoms with van der Waals surface area (Å²) in [5.74, 6) is 0.653. The molecule has 0 saturated heterocycles. The minimum atomic E-state index is 0.360. The molecule has 1 atom stereocenters. The highest BCUT2D eigenvalue weighted by atomic mass is 35.5. The summed E-state index contributed by atoms with van der Waals surface area (Å²) in [5, 5.41) is 5.02. The highest BCUT2D eigenvalue weighted by molar-refractivity contribution is 6.18. The zero-order chi connectivity index (χ0) is 31.4. The Kier molecular flexibility index (Phi) is 7.57. The molecule has 0 bridgehead atoms. The van der Waals surface area contributed by atoms with Crippen LogP contribution in [0.1, 0.15) is 75.1 Å². The van der Waals surface area contributed by atoms with Crippen LogP contribution in [0.3, 0.4) is 0 Å². The van der Waals surface area contributed by atoms with Crippen molar-refractivity contribution in [2.75, 3.05) is 5.88 Å². The molecular formula is C41H41ClN4. The predicted molar refractivity (Wildman–Crippen MR) is 195 cm³/mol. The molecule has 1 fully saturated rings. The van der Waals surface area contributed by atoms with Gasteiger partial charge in [-0.25, -0.2) is 0 Å². The number of fused-ring (bicyclic) bond motifs is 6. The van der Waals surface area contributed by atoms with Crippen molar-refractivity contribution in [3.63, 3.8) is 0 Å². The summed E-state index contributed by atoms with van der Waals surface area (Å²) in [5.41, 5.74) is 12.8. The highest BCUT2D eigenvalue weighted by Crippen LogP contribution is 2.41. The molecule has 8 rings (SSSR count). The van der Waals surface area contributed by atoms with Crippen LogP contribution in [-0.2, 0) is 0 Å². The van der Waals surface area contributed by atoms with Crippen LogP contribution in [0.15, 0.2) is 85.5 Å². The Bertz CT molecular complexity index is 2090. The van der Waals surface area contributed by atoms with E-state index in [0.717, 1.165) is 12.8 Å². The number of aryl methyl sites for hydroxylation is 2. The van der Waals surface area contributed by atoms with Crippen molar-refractivity contribution in [2.24, 2.45) is 0 Å². The number of rotatable bonds is 7. The predicted octanol–water partition coefficient (Wildman–Crippen LogP) is 11.7. The van der Waals surface area contributed by atoms with Gasteiger partial charge >= 0.3 is 0 Å². The largest absolute Gasteiger partial charge is 0.337 e. The van der Waals surface area contributed by atoms with E-state index in [0.29, 0.717) is 18.0 Å². The topological polar surface area (TPSA) is 35.6 Å². The molecule has 7 aromatic rings. The van der Waals surface area contributed by atoms with Crippen molar-refractivity contribution in [3.05, 3.63) is 96.6 Å². The molecule has 0 spiro atoms. The van der Waals surface area contributed by atoms with Gasteiger partial charge in [0.1, 0.15) is 0 Å². The van der Waals surface area contributed by atoms with Gasteiger partial charge in [0.05, 0.1) is 11.0 Å². The molecule has 1 saturated carbocycles. The van der Waals surface area contributed by atoms with Gasteiger partial charge in [-0.15, -0.1) is 11.6 Å². The lowest BCUT2D eigenvalue weighted by Crippen LogP contribution is -2.12. The summed E-state index contributed by atoms with van der Waals surface area (Å²) in [6.07, 6.45) is 16.4. The minimum Gasteiger partial charge on any atom is -0.337 e. The third-order valence-corrected chi connectivity index (χ3v) is 10.8. The van der Waals surface area contributed by atoms with Gasteiger partial charge in [0, 0.05) is 75.3 Å². The van der Waals surface area contributed by atoms with E-state index in [2.05, 4.69) is 107 Å². The average Bonchev–Trinajstić information content (AvgIpc) is 3.60. The molecule has 0 N–H and O–H groups in total. The Morgan fingerprint density at radius 1 is 0.696 bits per heavy atom. The number of halogens is 1. The third-order valence-electron chi connectivity index (χ3n) is 10.6. The lowest BCUT2D eigenvalue weighted by atomic mass is 9.91. The van der Waals surface area contributed by atoms with E-state index in [1.165, 1.54) is 109 Å². The van der Waals surface area contributed by atoms with Crippen molar-refractivity contribution in [1.29, 1.82) is 0 Å².